The van der Waals surface area contributed by atoms with Crippen LogP contribution in [0.1, 0.15) is 6.92 Å². The molecule has 10 heavy (non-hydrogen) atoms. The van der Waals surface area contributed by atoms with Crippen molar-refractivity contribution >= 4 is 5.84 Å². The summed E-state index contributed by atoms with van der Waals surface area (Å²) in [6.45, 7) is 3.00. The molecule has 0 atom stereocenters. The number of fused-ring (bicyclic) bond motifs is 1. The first kappa shape index (κ1) is 5.71. The lowest BCUT2D eigenvalue weighted by atomic mass is 10.3. The summed E-state index contributed by atoms with van der Waals surface area (Å²) in [5.41, 5.74) is 0. The molecule has 2 rings (SSSR count). The second-order valence-corrected chi connectivity index (χ2v) is 2.53. The third-order valence-corrected chi connectivity index (χ3v) is 1.62. The predicted octanol–water partition coefficient (Wildman–Crippen LogP) is 1.34. The fourth-order valence-electron chi connectivity index (χ4n) is 1.18. The predicted molar refractivity (Wildman–Crippen MR) is 41.3 cm³/mol. The average Bonchev–Trinajstić information content (AvgIpc) is 2.27. The molecule has 2 nitrogen and oxygen atoms in total. The van der Waals surface area contributed by atoms with Crippen molar-refractivity contribution in [3.8, 4) is 0 Å². The summed E-state index contributed by atoms with van der Waals surface area (Å²) in [7, 11) is 0. The summed E-state index contributed by atoms with van der Waals surface area (Å²) >= 11 is 0. The third kappa shape index (κ3) is 0.764. The second-order valence-electron chi connectivity index (χ2n) is 2.53. The van der Waals surface area contributed by atoms with E-state index in [-0.39, 0.29) is 0 Å². The lowest BCUT2D eigenvalue weighted by molar-refractivity contribution is 0.609. The van der Waals surface area contributed by atoms with Crippen molar-refractivity contribution in [1.82, 2.24) is 4.90 Å². The summed E-state index contributed by atoms with van der Waals surface area (Å²) in [6, 6.07) is 1.19. The molecule has 2 heteroatoms. The topological polar surface area (TPSA) is 15.6 Å². The van der Waals surface area contributed by atoms with Crippen LogP contribution in [0.3, 0.4) is 0 Å². The minimum atomic E-state index is 0.955. The van der Waals surface area contributed by atoms with Crippen LogP contribution in [0, 0.1) is 6.04 Å². The van der Waals surface area contributed by atoms with Crippen molar-refractivity contribution in [1.29, 1.82) is 0 Å². The average molecular weight is 133 g/mol. The highest BCUT2D eigenvalue weighted by atomic mass is 15.2. The molecule has 2 heterocycles. The third-order valence-electron chi connectivity index (χ3n) is 1.62. The maximum atomic E-state index is 4.33. The second kappa shape index (κ2) is 1.97. The Morgan fingerprint density at radius 1 is 1.50 bits per heavy atom. The van der Waals surface area contributed by atoms with Crippen LogP contribution in [0.15, 0.2) is 29.4 Å². The van der Waals surface area contributed by atoms with E-state index in [4.69, 9.17) is 0 Å². The summed E-state index contributed by atoms with van der Waals surface area (Å²) in [5, 5.41) is 0. The van der Waals surface area contributed by atoms with E-state index in [0.717, 1.165) is 12.4 Å². The first-order valence-electron chi connectivity index (χ1n) is 3.39. The number of nitrogens with zero attached hydrogens (tertiary/aromatic N) is 2. The fraction of sp³-hybridized carbons (Fsp3) is 0.250. The Balaban J connectivity index is 2.29. The molecular weight excluding hydrogens is 124 g/mol. The maximum absolute atomic E-state index is 4.33. The Morgan fingerprint density at radius 2 is 2.40 bits per heavy atom. The van der Waals surface area contributed by atoms with E-state index in [1.54, 1.807) is 0 Å². The smallest absolute Gasteiger partial charge is 0.128 e. The van der Waals surface area contributed by atoms with E-state index in [1.807, 2.05) is 25.2 Å². The van der Waals surface area contributed by atoms with Crippen LogP contribution in [0.2, 0.25) is 0 Å². The highest BCUT2D eigenvalue weighted by Crippen LogP contribution is 2.17. The van der Waals surface area contributed by atoms with Gasteiger partial charge in [0.2, 0.25) is 0 Å². The first-order chi connectivity index (χ1) is 4.86. The molecule has 0 N–H and O–H groups in total. The quantitative estimate of drug-likeness (QED) is 0.487. The van der Waals surface area contributed by atoms with Gasteiger partial charge < -0.3 is 4.90 Å². The highest BCUT2D eigenvalue weighted by Gasteiger charge is 2.19. The molecule has 2 aliphatic rings. The van der Waals surface area contributed by atoms with Crippen molar-refractivity contribution in [2.75, 3.05) is 6.54 Å². The van der Waals surface area contributed by atoms with Gasteiger partial charge in [-0.1, -0.05) is 6.08 Å². The van der Waals surface area contributed by atoms with E-state index < -0.39 is 0 Å². The van der Waals surface area contributed by atoms with Crippen LogP contribution >= 0.6 is 0 Å². The van der Waals surface area contributed by atoms with E-state index in [2.05, 4.69) is 16.1 Å². The zero-order valence-corrected chi connectivity index (χ0v) is 5.91. The molecule has 0 amide bonds. The zero-order chi connectivity index (χ0) is 6.97. The van der Waals surface area contributed by atoms with Crippen molar-refractivity contribution in [3.63, 3.8) is 0 Å². The summed E-state index contributed by atoms with van der Waals surface area (Å²) in [4.78, 5) is 6.47. The maximum Gasteiger partial charge on any atom is 0.128 e. The highest BCUT2D eigenvalue weighted by molar-refractivity contribution is 5.96. The SMILES string of the molecule is C[C]1CN2C=CC=CC2=N1. The number of aliphatic imine (C=N–C) groups is 1. The minimum Gasteiger partial charge on any atom is -0.331 e. The Kier molecular flexibility index (Phi) is 1.13. The Labute approximate surface area is 60.6 Å². The van der Waals surface area contributed by atoms with E-state index in [1.165, 1.54) is 6.04 Å². The van der Waals surface area contributed by atoms with E-state index >= 15 is 0 Å². The van der Waals surface area contributed by atoms with Gasteiger partial charge in [-0.3, -0.25) is 4.99 Å². The summed E-state index contributed by atoms with van der Waals surface area (Å²) < 4.78 is 0. The van der Waals surface area contributed by atoms with Gasteiger partial charge in [-0.05, 0) is 19.1 Å². The van der Waals surface area contributed by atoms with Crippen LogP contribution in [0.4, 0.5) is 0 Å². The number of amidine groups is 1. The van der Waals surface area contributed by atoms with Gasteiger partial charge in [0.25, 0.3) is 0 Å². The molecule has 0 aromatic carbocycles. The van der Waals surface area contributed by atoms with Crippen LogP contribution in [0.25, 0.3) is 0 Å². The molecule has 1 radical (unpaired) electrons. The minimum absolute atomic E-state index is 0.955. The zero-order valence-electron chi connectivity index (χ0n) is 5.91. The van der Waals surface area contributed by atoms with Crippen molar-refractivity contribution in [2.45, 2.75) is 6.92 Å². The van der Waals surface area contributed by atoms with Gasteiger partial charge in [0.15, 0.2) is 0 Å². The molecular formula is C8H9N2. The lowest BCUT2D eigenvalue weighted by Crippen LogP contribution is -2.21. The Morgan fingerprint density at radius 3 is 3.20 bits per heavy atom. The largest absolute Gasteiger partial charge is 0.331 e. The lowest BCUT2D eigenvalue weighted by Gasteiger charge is -2.14. The number of hydrogen-bond donors (Lipinski definition) is 0. The molecule has 0 spiro atoms. The molecule has 0 saturated carbocycles. The van der Waals surface area contributed by atoms with Crippen LogP contribution in [-0.2, 0) is 0 Å². The Hall–Kier alpha value is -1.05. The van der Waals surface area contributed by atoms with E-state index in [0.29, 0.717) is 0 Å². The van der Waals surface area contributed by atoms with Gasteiger partial charge in [0.1, 0.15) is 11.9 Å². The summed E-state index contributed by atoms with van der Waals surface area (Å²) in [6.07, 6.45) is 8.11. The van der Waals surface area contributed by atoms with Gasteiger partial charge in [0.05, 0.1) is 6.54 Å². The molecule has 0 aliphatic carbocycles. The molecule has 2 aliphatic heterocycles. The number of allylic oxidation sites excluding steroid dienone is 2. The van der Waals surface area contributed by atoms with Crippen molar-refractivity contribution in [2.24, 2.45) is 4.99 Å². The molecule has 0 unspecified atom stereocenters. The molecule has 0 aromatic rings. The van der Waals surface area contributed by atoms with Gasteiger partial charge in [-0.15, -0.1) is 0 Å². The van der Waals surface area contributed by atoms with Gasteiger partial charge in [-0.2, -0.15) is 0 Å². The molecule has 0 fully saturated rings. The van der Waals surface area contributed by atoms with Crippen LogP contribution < -0.4 is 0 Å². The standard InChI is InChI=1S/C8H9N2/c1-7-6-10-5-3-2-4-8(10)9-7/h2-5H,6H2,1H3. The van der Waals surface area contributed by atoms with Gasteiger partial charge in [0, 0.05) is 6.20 Å². The number of rotatable bonds is 0. The van der Waals surface area contributed by atoms with E-state index in [9.17, 15) is 0 Å². The summed E-state index contributed by atoms with van der Waals surface area (Å²) in [5.74, 6) is 1.07. The van der Waals surface area contributed by atoms with Gasteiger partial charge >= 0.3 is 0 Å². The molecule has 0 aromatic heterocycles. The normalized spacial score (nSPS) is 23.3. The molecule has 51 valence electrons. The molecule has 0 saturated heterocycles. The van der Waals surface area contributed by atoms with Crippen molar-refractivity contribution < 1.29 is 0 Å². The monoisotopic (exact) mass is 133 g/mol. The fourth-order valence-corrected chi connectivity index (χ4v) is 1.18. The number of hydrogen-bond acceptors (Lipinski definition) is 2. The van der Waals surface area contributed by atoms with Crippen LogP contribution in [0.5, 0.6) is 0 Å². The molecule has 0 bridgehead atoms. The Bertz CT molecular complexity index is 225. The van der Waals surface area contributed by atoms with Crippen molar-refractivity contribution in [3.05, 3.63) is 30.5 Å². The van der Waals surface area contributed by atoms with Gasteiger partial charge in [-0.25, -0.2) is 0 Å². The van der Waals surface area contributed by atoms with Crippen LogP contribution in [-0.4, -0.2) is 17.3 Å². The first-order valence-corrected chi connectivity index (χ1v) is 3.39.